The third-order valence-corrected chi connectivity index (χ3v) is 3.31. The lowest BCUT2D eigenvalue weighted by atomic mass is 10.1. The van der Waals surface area contributed by atoms with Gasteiger partial charge in [0.2, 0.25) is 0 Å². The van der Waals surface area contributed by atoms with Gasteiger partial charge in [-0.2, -0.15) is 5.26 Å². The maximum absolute atomic E-state index is 8.74. The average molecular weight is 266 g/mol. The molecule has 0 radical (unpaired) electrons. The number of rotatable bonds is 2. The molecule has 100 valence electrons. The van der Waals surface area contributed by atoms with E-state index in [9.17, 15) is 0 Å². The van der Waals surface area contributed by atoms with Crippen LogP contribution in [0.3, 0.4) is 0 Å². The lowest BCUT2D eigenvalue weighted by molar-refractivity contribution is 0.0395. The second-order valence-electron chi connectivity index (χ2n) is 4.59. The molecule has 1 unspecified atom stereocenters. The van der Waals surface area contributed by atoms with Crippen LogP contribution < -0.4 is 4.90 Å². The van der Waals surface area contributed by atoms with Gasteiger partial charge in [-0.3, -0.25) is 0 Å². The third kappa shape index (κ3) is 2.60. The summed E-state index contributed by atoms with van der Waals surface area (Å²) in [5, 5.41) is 8.74. The fourth-order valence-corrected chi connectivity index (χ4v) is 2.27. The van der Waals surface area contributed by atoms with Crippen molar-refractivity contribution in [3.8, 4) is 6.07 Å². The van der Waals surface area contributed by atoms with Crippen molar-refractivity contribution < 1.29 is 4.74 Å². The standard InChI is InChI=1S/C15H14N4O/c16-8-13-9-18-15(10-17-13)19-6-7-20-14(11-19)12-4-2-1-3-5-12/h1-5,9-10,14H,6-7,11H2. The molecule has 1 aromatic carbocycles. The maximum atomic E-state index is 8.74. The van der Waals surface area contributed by atoms with Gasteiger partial charge < -0.3 is 9.64 Å². The Morgan fingerprint density at radius 2 is 2.05 bits per heavy atom. The first-order valence-electron chi connectivity index (χ1n) is 6.50. The molecule has 3 rings (SSSR count). The molecule has 1 aliphatic rings. The topological polar surface area (TPSA) is 62.0 Å². The molecular weight excluding hydrogens is 252 g/mol. The van der Waals surface area contributed by atoms with Crippen LogP contribution in [0.15, 0.2) is 42.7 Å². The Hall–Kier alpha value is -2.45. The summed E-state index contributed by atoms with van der Waals surface area (Å²) >= 11 is 0. The van der Waals surface area contributed by atoms with Crippen LogP contribution in [-0.4, -0.2) is 29.7 Å². The van der Waals surface area contributed by atoms with E-state index >= 15 is 0 Å². The minimum Gasteiger partial charge on any atom is -0.370 e. The number of benzene rings is 1. The predicted octanol–water partition coefficient (Wildman–Crippen LogP) is 1.93. The Labute approximate surface area is 117 Å². The van der Waals surface area contributed by atoms with Crippen LogP contribution in [0.25, 0.3) is 0 Å². The summed E-state index contributed by atoms with van der Waals surface area (Å²) in [4.78, 5) is 10.5. The fraction of sp³-hybridized carbons (Fsp3) is 0.267. The molecule has 2 aromatic rings. The smallest absolute Gasteiger partial charge is 0.158 e. The average Bonchev–Trinajstić information content (AvgIpc) is 2.56. The van der Waals surface area contributed by atoms with Crippen molar-refractivity contribution in [2.24, 2.45) is 0 Å². The summed E-state index contributed by atoms with van der Waals surface area (Å²) in [5.41, 5.74) is 1.50. The van der Waals surface area contributed by atoms with E-state index < -0.39 is 0 Å². The van der Waals surface area contributed by atoms with Crippen molar-refractivity contribution in [1.29, 1.82) is 5.26 Å². The normalized spacial score (nSPS) is 18.6. The van der Waals surface area contributed by atoms with Crippen LogP contribution >= 0.6 is 0 Å². The van der Waals surface area contributed by atoms with Gasteiger partial charge in [-0.1, -0.05) is 30.3 Å². The number of nitriles is 1. The molecule has 0 bridgehead atoms. The van der Waals surface area contributed by atoms with Gasteiger partial charge in [0.15, 0.2) is 5.69 Å². The number of aromatic nitrogens is 2. The molecule has 1 atom stereocenters. The Bertz CT molecular complexity index is 606. The van der Waals surface area contributed by atoms with E-state index in [2.05, 4.69) is 27.0 Å². The summed E-state index contributed by atoms with van der Waals surface area (Å²) in [7, 11) is 0. The maximum Gasteiger partial charge on any atom is 0.158 e. The highest BCUT2D eigenvalue weighted by Gasteiger charge is 2.22. The Kier molecular flexibility index (Phi) is 3.57. The lowest BCUT2D eigenvalue weighted by Gasteiger charge is -2.33. The molecule has 5 heteroatoms. The first kappa shape index (κ1) is 12.6. The van der Waals surface area contributed by atoms with E-state index in [0.29, 0.717) is 12.3 Å². The van der Waals surface area contributed by atoms with Gasteiger partial charge in [0, 0.05) is 13.1 Å². The largest absolute Gasteiger partial charge is 0.370 e. The van der Waals surface area contributed by atoms with Crippen molar-refractivity contribution in [1.82, 2.24) is 9.97 Å². The van der Waals surface area contributed by atoms with E-state index in [1.54, 1.807) is 6.20 Å². The molecule has 2 heterocycles. The summed E-state index contributed by atoms with van der Waals surface area (Å²) in [5.74, 6) is 0.785. The number of hydrogen-bond acceptors (Lipinski definition) is 5. The molecule has 5 nitrogen and oxygen atoms in total. The van der Waals surface area contributed by atoms with Crippen LogP contribution in [0.5, 0.6) is 0 Å². The zero-order chi connectivity index (χ0) is 13.8. The van der Waals surface area contributed by atoms with E-state index in [1.165, 1.54) is 11.8 Å². The summed E-state index contributed by atoms with van der Waals surface area (Å²) in [6, 6.07) is 12.1. The number of hydrogen-bond donors (Lipinski definition) is 0. The molecule has 0 saturated carbocycles. The van der Waals surface area contributed by atoms with E-state index in [4.69, 9.17) is 10.00 Å². The first-order valence-corrected chi connectivity index (χ1v) is 6.50. The van der Waals surface area contributed by atoms with Gasteiger partial charge in [0.1, 0.15) is 18.0 Å². The molecule has 0 amide bonds. The number of nitrogens with zero attached hydrogens (tertiary/aromatic N) is 4. The van der Waals surface area contributed by atoms with Crippen molar-refractivity contribution in [2.45, 2.75) is 6.10 Å². The van der Waals surface area contributed by atoms with Crippen LogP contribution in [-0.2, 0) is 4.74 Å². The zero-order valence-electron chi connectivity index (χ0n) is 10.9. The summed E-state index contributed by atoms with van der Waals surface area (Å²) in [6.07, 6.45) is 3.19. The van der Waals surface area contributed by atoms with E-state index in [-0.39, 0.29) is 6.10 Å². The monoisotopic (exact) mass is 266 g/mol. The lowest BCUT2D eigenvalue weighted by Crippen LogP contribution is -2.38. The third-order valence-electron chi connectivity index (χ3n) is 3.31. The summed E-state index contributed by atoms with van der Waals surface area (Å²) in [6.45, 7) is 2.18. The molecule has 1 fully saturated rings. The molecule has 1 saturated heterocycles. The molecular formula is C15H14N4O. The quantitative estimate of drug-likeness (QED) is 0.831. The second-order valence-corrected chi connectivity index (χ2v) is 4.59. The molecule has 0 aliphatic carbocycles. The van der Waals surface area contributed by atoms with Gasteiger partial charge in [0.05, 0.1) is 19.0 Å². The highest BCUT2D eigenvalue weighted by molar-refractivity contribution is 5.38. The molecule has 0 N–H and O–H groups in total. The Morgan fingerprint density at radius 1 is 1.20 bits per heavy atom. The van der Waals surface area contributed by atoms with Crippen LogP contribution in [0.2, 0.25) is 0 Å². The molecule has 20 heavy (non-hydrogen) atoms. The summed E-state index contributed by atoms with van der Waals surface area (Å²) < 4.78 is 5.82. The molecule has 1 aliphatic heterocycles. The SMILES string of the molecule is N#Cc1cnc(N2CCOC(c3ccccc3)C2)cn1. The van der Waals surface area contributed by atoms with Gasteiger partial charge >= 0.3 is 0 Å². The Morgan fingerprint density at radius 3 is 2.75 bits per heavy atom. The van der Waals surface area contributed by atoms with Gasteiger partial charge in [-0.15, -0.1) is 0 Å². The molecule has 0 spiro atoms. The van der Waals surface area contributed by atoms with Crippen molar-refractivity contribution in [2.75, 3.05) is 24.6 Å². The van der Waals surface area contributed by atoms with Crippen LogP contribution in [0.4, 0.5) is 5.82 Å². The van der Waals surface area contributed by atoms with Crippen LogP contribution in [0, 0.1) is 11.3 Å². The number of anilines is 1. The van der Waals surface area contributed by atoms with Gasteiger partial charge in [0.25, 0.3) is 0 Å². The van der Waals surface area contributed by atoms with E-state index in [0.717, 1.165) is 18.9 Å². The highest BCUT2D eigenvalue weighted by Crippen LogP contribution is 2.24. The molecule has 1 aromatic heterocycles. The zero-order valence-corrected chi connectivity index (χ0v) is 10.9. The minimum atomic E-state index is 0.0439. The highest BCUT2D eigenvalue weighted by atomic mass is 16.5. The second kappa shape index (κ2) is 5.68. The predicted molar refractivity (Wildman–Crippen MR) is 74.1 cm³/mol. The number of ether oxygens (including phenoxy) is 1. The van der Waals surface area contributed by atoms with Gasteiger partial charge in [-0.05, 0) is 5.56 Å². The number of morpholine rings is 1. The Balaban J connectivity index is 1.76. The van der Waals surface area contributed by atoms with Crippen molar-refractivity contribution in [3.05, 3.63) is 54.0 Å². The minimum absolute atomic E-state index is 0.0439. The van der Waals surface area contributed by atoms with Gasteiger partial charge in [-0.25, -0.2) is 9.97 Å². The fourth-order valence-electron chi connectivity index (χ4n) is 2.27. The van der Waals surface area contributed by atoms with Crippen molar-refractivity contribution in [3.63, 3.8) is 0 Å². The van der Waals surface area contributed by atoms with Crippen molar-refractivity contribution >= 4 is 5.82 Å². The van der Waals surface area contributed by atoms with E-state index in [1.807, 2.05) is 24.3 Å². The first-order chi connectivity index (χ1) is 9.86. The van der Waals surface area contributed by atoms with Crippen LogP contribution in [0.1, 0.15) is 17.4 Å².